The highest BCUT2D eigenvalue weighted by atomic mass is 35.5. The molecule has 1 atom stereocenters. The minimum Gasteiger partial charge on any atom is -0.384 e. The van der Waals surface area contributed by atoms with E-state index in [1.54, 1.807) is 30.6 Å². The van der Waals surface area contributed by atoms with Gasteiger partial charge in [0.05, 0.1) is 0 Å². The first kappa shape index (κ1) is 11.1. The van der Waals surface area contributed by atoms with Crippen LogP contribution in [-0.4, -0.2) is 10.1 Å². The molecule has 1 unspecified atom stereocenters. The van der Waals surface area contributed by atoms with E-state index in [2.05, 4.69) is 4.98 Å². The molecule has 0 amide bonds. The second-order valence-corrected chi connectivity index (χ2v) is 4.12. The summed E-state index contributed by atoms with van der Waals surface area (Å²) in [4.78, 5) is 3.92. The summed E-state index contributed by atoms with van der Waals surface area (Å²) in [6.07, 6.45) is 2.61. The largest absolute Gasteiger partial charge is 0.384 e. The molecule has 0 aliphatic carbocycles. The molecule has 3 heteroatoms. The van der Waals surface area contributed by atoms with Crippen molar-refractivity contribution in [3.05, 3.63) is 64.4 Å². The first-order valence-electron chi connectivity index (χ1n) is 5.02. The topological polar surface area (TPSA) is 33.1 Å². The lowest BCUT2D eigenvalue weighted by Gasteiger charge is -2.13. The third-order valence-electron chi connectivity index (χ3n) is 2.47. The summed E-state index contributed by atoms with van der Waals surface area (Å²) in [7, 11) is 0. The fourth-order valence-corrected chi connectivity index (χ4v) is 1.82. The van der Waals surface area contributed by atoms with E-state index < -0.39 is 6.10 Å². The number of halogens is 1. The highest BCUT2D eigenvalue weighted by molar-refractivity contribution is 6.31. The van der Waals surface area contributed by atoms with Crippen LogP contribution in [0.25, 0.3) is 0 Å². The van der Waals surface area contributed by atoms with Crippen LogP contribution in [0.3, 0.4) is 0 Å². The molecule has 0 radical (unpaired) electrons. The third kappa shape index (κ3) is 2.23. The predicted octanol–water partition coefficient (Wildman–Crippen LogP) is 3.13. The molecule has 2 nitrogen and oxygen atoms in total. The van der Waals surface area contributed by atoms with Crippen LogP contribution in [0.4, 0.5) is 0 Å². The van der Waals surface area contributed by atoms with Crippen LogP contribution in [0.15, 0.2) is 42.7 Å². The zero-order valence-corrected chi connectivity index (χ0v) is 9.65. The van der Waals surface area contributed by atoms with Crippen LogP contribution in [0.2, 0.25) is 5.02 Å². The van der Waals surface area contributed by atoms with Crippen molar-refractivity contribution in [1.29, 1.82) is 0 Å². The number of rotatable bonds is 2. The molecule has 1 heterocycles. The number of benzene rings is 1. The lowest BCUT2D eigenvalue weighted by atomic mass is 10.0. The smallest absolute Gasteiger partial charge is 0.106 e. The summed E-state index contributed by atoms with van der Waals surface area (Å²) in [5.41, 5.74) is 2.60. The van der Waals surface area contributed by atoms with Gasteiger partial charge in [0.1, 0.15) is 6.10 Å². The van der Waals surface area contributed by atoms with Crippen LogP contribution in [-0.2, 0) is 0 Å². The van der Waals surface area contributed by atoms with E-state index in [4.69, 9.17) is 11.6 Å². The maximum Gasteiger partial charge on any atom is 0.106 e. The quantitative estimate of drug-likeness (QED) is 0.865. The lowest BCUT2D eigenvalue weighted by Crippen LogP contribution is -2.00. The van der Waals surface area contributed by atoms with Crippen molar-refractivity contribution in [3.8, 4) is 0 Å². The minimum absolute atomic E-state index is 0.579. The number of pyridine rings is 1. The Morgan fingerprint density at radius 3 is 2.56 bits per heavy atom. The molecule has 0 saturated heterocycles. The summed E-state index contributed by atoms with van der Waals surface area (Å²) in [5.74, 6) is 0. The number of nitrogens with zero attached hydrogens (tertiary/aromatic N) is 1. The SMILES string of the molecule is Cc1ccc(Cl)c(C(O)c2ccncc2)c1. The van der Waals surface area contributed by atoms with Gasteiger partial charge in [-0.2, -0.15) is 0 Å². The van der Waals surface area contributed by atoms with Gasteiger partial charge in [-0.1, -0.05) is 29.3 Å². The van der Waals surface area contributed by atoms with Crippen molar-refractivity contribution in [2.24, 2.45) is 0 Å². The van der Waals surface area contributed by atoms with Gasteiger partial charge in [0.15, 0.2) is 0 Å². The maximum atomic E-state index is 10.2. The summed E-state index contributed by atoms with van der Waals surface area (Å²) >= 11 is 6.07. The molecule has 2 rings (SSSR count). The Hall–Kier alpha value is -1.38. The zero-order valence-electron chi connectivity index (χ0n) is 8.89. The second-order valence-electron chi connectivity index (χ2n) is 3.71. The van der Waals surface area contributed by atoms with Crippen molar-refractivity contribution in [2.75, 3.05) is 0 Å². The van der Waals surface area contributed by atoms with Gasteiger partial charge in [0.25, 0.3) is 0 Å². The molecule has 0 bridgehead atoms. The normalized spacial score (nSPS) is 12.4. The summed E-state index contributed by atoms with van der Waals surface area (Å²) < 4.78 is 0. The average molecular weight is 234 g/mol. The van der Waals surface area contributed by atoms with Gasteiger partial charge in [0.2, 0.25) is 0 Å². The highest BCUT2D eigenvalue weighted by Gasteiger charge is 2.13. The van der Waals surface area contributed by atoms with E-state index >= 15 is 0 Å². The van der Waals surface area contributed by atoms with Gasteiger partial charge >= 0.3 is 0 Å². The van der Waals surface area contributed by atoms with E-state index in [0.717, 1.165) is 16.7 Å². The first-order chi connectivity index (χ1) is 7.68. The predicted molar refractivity (Wildman–Crippen MR) is 64.5 cm³/mol. The molecular weight excluding hydrogens is 222 g/mol. The molecule has 0 fully saturated rings. The molecule has 82 valence electrons. The Balaban J connectivity index is 2.41. The Kier molecular flexibility index (Phi) is 3.22. The number of aromatic nitrogens is 1. The van der Waals surface area contributed by atoms with Crippen LogP contribution in [0.5, 0.6) is 0 Å². The molecule has 1 N–H and O–H groups in total. The van der Waals surface area contributed by atoms with Crippen molar-refractivity contribution in [1.82, 2.24) is 4.98 Å². The summed E-state index contributed by atoms with van der Waals surface area (Å²) in [6.45, 7) is 1.97. The summed E-state index contributed by atoms with van der Waals surface area (Å²) in [6, 6.07) is 9.18. The van der Waals surface area contributed by atoms with Gasteiger partial charge in [-0.15, -0.1) is 0 Å². The summed E-state index contributed by atoms with van der Waals surface area (Å²) in [5, 5.41) is 10.8. The molecule has 0 saturated carbocycles. The zero-order chi connectivity index (χ0) is 11.5. The fraction of sp³-hybridized carbons (Fsp3) is 0.154. The molecule has 0 aliphatic rings. The maximum absolute atomic E-state index is 10.2. The standard InChI is InChI=1S/C13H12ClNO/c1-9-2-3-12(14)11(8-9)13(16)10-4-6-15-7-5-10/h2-8,13,16H,1H3. The molecule has 2 aromatic rings. The first-order valence-corrected chi connectivity index (χ1v) is 5.40. The number of hydrogen-bond acceptors (Lipinski definition) is 2. The fourth-order valence-electron chi connectivity index (χ4n) is 1.60. The van der Waals surface area contributed by atoms with Gasteiger partial charge in [-0.3, -0.25) is 4.98 Å². The van der Waals surface area contributed by atoms with Gasteiger partial charge in [-0.05, 0) is 30.7 Å². The van der Waals surface area contributed by atoms with E-state index in [1.807, 2.05) is 19.1 Å². The number of aryl methyl sites for hydroxylation is 1. The average Bonchev–Trinajstić information content (AvgIpc) is 2.32. The Bertz CT molecular complexity index is 485. The van der Waals surface area contributed by atoms with Crippen LogP contribution < -0.4 is 0 Å². The van der Waals surface area contributed by atoms with E-state index in [-0.39, 0.29) is 0 Å². The van der Waals surface area contributed by atoms with Crippen molar-refractivity contribution >= 4 is 11.6 Å². The van der Waals surface area contributed by atoms with Gasteiger partial charge in [0, 0.05) is 23.0 Å². The van der Waals surface area contributed by atoms with Crippen LogP contribution >= 0.6 is 11.6 Å². The Morgan fingerprint density at radius 1 is 1.19 bits per heavy atom. The molecule has 1 aromatic carbocycles. The van der Waals surface area contributed by atoms with Gasteiger partial charge in [-0.25, -0.2) is 0 Å². The van der Waals surface area contributed by atoms with Crippen molar-refractivity contribution in [3.63, 3.8) is 0 Å². The van der Waals surface area contributed by atoms with E-state index in [1.165, 1.54) is 0 Å². The third-order valence-corrected chi connectivity index (χ3v) is 2.81. The molecule has 16 heavy (non-hydrogen) atoms. The van der Waals surface area contributed by atoms with Crippen LogP contribution in [0.1, 0.15) is 22.8 Å². The minimum atomic E-state index is -0.699. The van der Waals surface area contributed by atoms with Crippen molar-refractivity contribution in [2.45, 2.75) is 13.0 Å². The number of aliphatic hydroxyl groups excluding tert-OH is 1. The number of hydrogen-bond donors (Lipinski definition) is 1. The molecule has 1 aromatic heterocycles. The molecule has 0 spiro atoms. The Morgan fingerprint density at radius 2 is 1.88 bits per heavy atom. The monoisotopic (exact) mass is 233 g/mol. The Labute approximate surface area is 99.5 Å². The second kappa shape index (κ2) is 4.64. The number of aliphatic hydroxyl groups is 1. The van der Waals surface area contributed by atoms with Gasteiger partial charge < -0.3 is 5.11 Å². The molecule has 0 aliphatic heterocycles. The van der Waals surface area contributed by atoms with Crippen molar-refractivity contribution < 1.29 is 5.11 Å². The van der Waals surface area contributed by atoms with E-state index in [0.29, 0.717) is 5.02 Å². The molecular formula is C13H12ClNO. The highest BCUT2D eigenvalue weighted by Crippen LogP contribution is 2.28. The van der Waals surface area contributed by atoms with Crippen LogP contribution in [0, 0.1) is 6.92 Å². The lowest BCUT2D eigenvalue weighted by molar-refractivity contribution is 0.220. The van der Waals surface area contributed by atoms with E-state index in [9.17, 15) is 5.11 Å².